The van der Waals surface area contributed by atoms with Gasteiger partial charge in [0.25, 0.3) is 5.69 Å². The second-order valence-electron chi connectivity index (χ2n) is 7.71. The lowest BCUT2D eigenvalue weighted by Crippen LogP contribution is -2.33. The summed E-state index contributed by atoms with van der Waals surface area (Å²) in [6, 6.07) is 22.4. The molecule has 1 N–H and O–H groups in total. The summed E-state index contributed by atoms with van der Waals surface area (Å²) >= 11 is 1.15. The highest BCUT2D eigenvalue weighted by Crippen LogP contribution is 2.34. The first kappa shape index (κ1) is 23.8. The number of amidine groups is 1. The summed E-state index contributed by atoms with van der Waals surface area (Å²) in [5.41, 5.74) is 2.78. The predicted octanol–water partition coefficient (Wildman–Crippen LogP) is 4.77. The highest BCUT2D eigenvalue weighted by Gasteiger charge is 2.40. The molecule has 1 aliphatic rings. The van der Waals surface area contributed by atoms with Crippen LogP contribution in [0, 0.1) is 17.0 Å². The van der Waals surface area contributed by atoms with E-state index in [1.807, 2.05) is 49.4 Å². The third kappa shape index (κ3) is 5.98. The number of benzene rings is 3. The van der Waals surface area contributed by atoms with E-state index in [4.69, 9.17) is 0 Å². The Morgan fingerprint density at radius 1 is 1.11 bits per heavy atom. The molecule has 1 fully saturated rings. The third-order valence-corrected chi connectivity index (χ3v) is 6.22. The van der Waals surface area contributed by atoms with Gasteiger partial charge >= 0.3 is 0 Å². The van der Waals surface area contributed by atoms with E-state index >= 15 is 0 Å². The molecule has 4 rings (SSSR count). The van der Waals surface area contributed by atoms with Crippen molar-refractivity contribution in [3.63, 3.8) is 0 Å². The minimum Gasteiger partial charge on any atom is -0.326 e. The minimum atomic E-state index is -0.720. The molecule has 10 heteroatoms. The summed E-state index contributed by atoms with van der Waals surface area (Å²) in [4.78, 5) is 37.7. The number of carbonyl (C=O) groups is 2. The summed E-state index contributed by atoms with van der Waals surface area (Å²) in [6.45, 7) is 2.00. The van der Waals surface area contributed by atoms with E-state index in [-0.39, 0.29) is 23.7 Å². The Kier molecular flexibility index (Phi) is 7.32. The molecule has 0 spiro atoms. The molecule has 1 atom stereocenters. The molecule has 3 aromatic rings. The molecular formula is C25H21N5O4S. The first-order chi connectivity index (χ1) is 16.9. The fraction of sp³-hybridized carbons (Fsp3) is 0.120. The van der Waals surface area contributed by atoms with Gasteiger partial charge in [0.05, 0.1) is 16.8 Å². The highest BCUT2D eigenvalue weighted by molar-refractivity contribution is 8.16. The number of hydrogen-bond donors (Lipinski definition) is 1. The second-order valence-corrected chi connectivity index (χ2v) is 8.88. The molecule has 1 aliphatic heterocycles. The monoisotopic (exact) mass is 487 g/mol. The number of aryl methyl sites for hydroxylation is 1. The van der Waals surface area contributed by atoms with Crippen molar-refractivity contribution in [1.82, 2.24) is 0 Å². The van der Waals surface area contributed by atoms with Crippen LogP contribution in [0.1, 0.15) is 17.5 Å². The zero-order valence-corrected chi connectivity index (χ0v) is 19.5. The molecule has 0 saturated carbocycles. The standard InChI is InChI=1S/C25H21N5O4S/c1-17-10-12-18(13-11-17)16-26-28-25-29(20-7-3-2-4-8-20)24(32)22(35-25)15-23(31)27-19-6-5-9-21(14-19)30(33)34/h2-14,16,22H,15H2,1H3,(H,27,31)/b26-16+,28-25-. The first-order valence-corrected chi connectivity index (χ1v) is 11.6. The van der Waals surface area contributed by atoms with Crippen molar-refractivity contribution < 1.29 is 14.5 Å². The van der Waals surface area contributed by atoms with Gasteiger partial charge in [0.2, 0.25) is 11.8 Å². The molecule has 3 aromatic carbocycles. The van der Waals surface area contributed by atoms with Gasteiger partial charge in [-0.15, -0.1) is 5.10 Å². The van der Waals surface area contributed by atoms with Crippen molar-refractivity contribution in [2.24, 2.45) is 10.2 Å². The number of amides is 2. The van der Waals surface area contributed by atoms with Crippen LogP contribution in [0.5, 0.6) is 0 Å². The summed E-state index contributed by atoms with van der Waals surface area (Å²) in [5, 5.41) is 21.7. The van der Waals surface area contributed by atoms with Gasteiger partial charge in [0.1, 0.15) is 5.25 Å². The molecule has 1 saturated heterocycles. The highest BCUT2D eigenvalue weighted by atomic mass is 32.2. The molecule has 0 bridgehead atoms. The van der Waals surface area contributed by atoms with Crippen molar-refractivity contribution in [2.75, 3.05) is 10.2 Å². The number of nitrogens with one attached hydrogen (secondary N) is 1. The van der Waals surface area contributed by atoms with Gasteiger partial charge in [-0.25, -0.2) is 0 Å². The summed E-state index contributed by atoms with van der Waals surface area (Å²) < 4.78 is 0. The van der Waals surface area contributed by atoms with Crippen molar-refractivity contribution in [3.8, 4) is 0 Å². The Morgan fingerprint density at radius 2 is 1.86 bits per heavy atom. The van der Waals surface area contributed by atoms with Crippen LogP contribution in [0.2, 0.25) is 0 Å². The number of carbonyl (C=O) groups excluding carboxylic acids is 2. The normalized spacial score (nSPS) is 16.7. The van der Waals surface area contributed by atoms with Gasteiger partial charge in [-0.3, -0.25) is 24.6 Å². The Hall–Kier alpha value is -4.31. The van der Waals surface area contributed by atoms with E-state index in [1.54, 1.807) is 24.4 Å². The zero-order chi connectivity index (χ0) is 24.8. The SMILES string of the molecule is Cc1ccc(/C=N/N=C2\SC(CC(=O)Nc3cccc([N+](=O)[O-])c3)C(=O)N2c2ccccc2)cc1. The quantitative estimate of drug-likeness (QED) is 0.293. The molecule has 176 valence electrons. The van der Waals surface area contributed by atoms with Crippen molar-refractivity contribution >= 4 is 52.0 Å². The Labute approximate surface area is 205 Å². The van der Waals surface area contributed by atoms with Gasteiger partial charge in [-0.2, -0.15) is 5.10 Å². The lowest BCUT2D eigenvalue weighted by atomic mass is 10.2. The fourth-order valence-corrected chi connectivity index (χ4v) is 4.45. The van der Waals surface area contributed by atoms with Gasteiger partial charge in [-0.1, -0.05) is 65.9 Å². The largest absolute Gasteiger partial charge is 0.326 e. The van der Waals surface area contributed by atoms with Crippen LogP contribution in [0.15, 0.2) is 89.1 Å². The van der Waals surface area contributed by atoms with Gasteiger partial charge in [0.15, 0.2) is 5.17 Å². The molecule has 2 amide bonds. The Bertz CT molecular complexity index is 1310. The average Bonchev–Trinajstić information content (AvgIpc) is 3.15. The van der Waals surface area contributed by atoms with Crippen LogP contribution in [-0.2, 0) is 9.59 Å². The molecule has 0 aliphatic carbocycles. The number of nitro groups is 1. The number of nitro benzene ring substituents is 1. The fourth-order valence-electron chi connectivity index (χ4n) is 3.36. The molecular weight excluding hydrogens is 466 g/mol. The summed E-state index contributed by atoms with van der Waals surface area (Å²) in [6.07, 6.45) is 1.47. The van der Waals surface area contributed by atoms with Crippen LogP contribution in [-0.4, -0.2) is 33.4 Å². The van der Waals surface area contributed by atoms with E-state index < -0.39 is 16.1 Å². The van der Waals surface area contributed by atoms with E-state index in [0.29, 0.717) is 10.9 Å². The topological polar surface area (TPSA) is 117 Å². The molecule has 0 radical (unpaired) electrons. The number of nitrogens with zero attached hydrogens (tertiary/aromatic N) is 4. The molecule has 9 nitrogen and oxygen atoms in total. The Balaban J connectivity index is 1.52. The van der Waals surface area contributed by atoms with Gasteiger partial charge in [-0.05, 0) is 30.7 Å². The van der Waals surface area contributed by atoms with E-state index in [1.165, 1.54) is 23.1 Å². The Morgan fingerprint density at radius 3 is 2.57 bits per heavy atom. The number of non-ortho nitro benzene ring substituents is 1. The summed E-state index contributed by atoms with van der Waals surface area (Å²) in [7, 11) is 0. The third-order valence-electron chi connectivity index (χ3n) is 5.09. The van der Waals surface area contributed by atoms with Crippen molar-refractivity contribution in [1.29, 1.82) is 0 Å². The molecule has 1 heterocycles. The molecule has 0 aromatic heterocycles. The first-order valence-electron chi connectivity index (χ1n) is 10.7. The number of anilines is 2. The van der Waals surface area contributed by atoms with Crippen molar-refractivity contribution in [2.45, 2.75) is 18.6 Å². The second kappa shape index (κ2) is 10.7. The van der Waals surface area contributed by atoms with Gasteiger partial charge in [0, 0.05) is 24.2 Å². The number of thioether (sulfide) groups is 1. The average molecular weight is 488 g/mol. The number of para-hydroxylation sites is 1. The van der Waals surface area contributed by atoms with Crippen LogP contribution in [0.4, 0.5) is 17.1 Å². The number of rotatable bonds is 7. The maximum Gasteiger partial charge on any atom is 0.271 e. The van der Waals surface area contributed by atoms with E-state index in [0.717, 1.165) is 22.9 Å². The lowest BCUT2D eigenvalue weighted by Gasteiger charge is -2.15. The molecule has 1 unspecified atom stereocenters. The maximum atomic E-state index is 13.2. The van der Waals surface area contributed by atoms with Crippen LogP contribution in [0.3, 0.4) is 0 Å². The van der Waals surface area contributed by atoms with Crippen molar-refractivity contribution in [3.05, 3.63) is 100 Å². The zero-order valence-electron chi connectivity index (χ0n) is 18.7. The summed E-state index contributed by atoms with van der Waals surface area (Å²) in [5.74, 6) is -0.728. The lowest BCUT2D eigenvalue weighted by molar-refractivity contribution is -0.384. The molecule has 35 heavy (non-hydrogen) atoms. The van der Waals surface area contributed by atoms with Gasteiger partial charge < -0.3 is 5.32 Å². The maximum absolute atomic E-state index is 13.2. The van der Waals surface area contributed by atoms with E-state index in [9.17, 15) is 19.7 Å². The minimum absolute atomic E-state index is 0.129. The smallest absolute Gasteiger partial charge is 0.271 e. The van der Waals surface area contributed by atoms with E-state index in [2.05, 4.69) is 15.5 Å². The predicted molar refractivity (Wildman–Crippen MR) is 138 cm³/mol. The number of hydrogen-bond acceptors (Lipinski definition) is 7. The van der Waals surface area contributed by atoms with Crippen LogP contribution >= 0.6 is 11.8 Å². The van der Waals surface area contributed by atoms with Crippen LogP contribution in [0.25, 0.3) is 0 Å². The van der Waals surface area contributed by atoms with Crippen LogP contribution < -0.4 is 10.2 Å².